The fourth-order valence-electron chi connectivity index (χ4n) is 2.28. The fraction of sp³-hybridized carbons (Fsp3) is 0.235. The molecule has 0 bridgehead atoms. The van der Waals surface area contributed by atoms with Crippen LogP contribution in [-0.4, -0.2) is 22.6 Å². The molecule has 2 rings (SSSR count). The van der Waals surface area contributed by atoms with Crippen molar-refractivity contribution in [2.24, 2.45) is 0 Å². The van der Waals surface area contributed by atoms with Crippen LogP contribution in [0.2, 0.25) is 0 Å². The highest BCUT2D eigenvalue weighted by molar-refractivity contribution is 5.92. The van der Waals surface area contributed by atoms with Gasteiger partial charge in [-0.15, -0.1) is 16.8 Å². The maximum atomic E-state index is 11.7. The van der Waals surface area contributed by atoms with Gasteiger partial charge in [-0.2, -0.15) is 0 Å². The van der Waals surface area contributed by atoms with Crippen molar-refractivity contribution in [1.82, 2.24) is 15.5 Å². The van der Waals surface area contributed by atoms with E-state index >= 15 is 0 Å². The van der Waals surface area contributed by atoms with Crippen molar-refractivity contribution in [2.75, 3.05) is 11.9 Å². The molecule has 1 amide bonds. The number of hydrogen-bond donors (Lipinski definition) is 2. The number of aromatic nitrogens is 2. The number of amides is 1. The van der Waals surface area contributed by atoms with Gasteiger partial charge in [0.05, 0.1) is 0 Å². The van der Waals surface area contributed by atoms with Crippen molar-refractivity contribution in [2.45, 2.75) is 20.8 Å². The number of hydrogen-bond acceptors (Lipinski definition) is 4. The summed E-state index contributed by atoms with van der Waals surface area (Å²) in [6.07, 6.45) is 1.62. The molecule has 0 aliphatic carbocycles. The molecule has 22 heavy (non-hydrogen) atoms. The minimum absolute atomic E-state index is 0.262. The van der Waals surface area contributed by atoms with Crippen molar-refractivity contribution in [3.63, 3.8) is 0 Å². The summed E-state index contributed by atoms with van der Waals surface area (Å²) in [6, 6.07) is 7.61. The molecule has 1 heterocycles. The van der Waals surface area contributed by atoms with Crippen LogP contribution in [0.4, 0.5) is 11.5 Å². The second kappa shape index (κ2) is 6.85. The lowest BCUT2D eigenvalue weighted by Crippen LogP contribution is -2.24. The zero-order valence-corrected chi connectivity index (χ0v) is 13.1. The van der Waals surface area contributed by atoms with Gasteiger partial charge < -0.3 is 10.6 Å². The minimum Gasteiger partial charge on any atom is -0.347 e. The smallest absolute Gasteiger partial charge is 0.272 e. The number of aryl methyl sites for hydroxylation is 3. The molecular formula is C17H20N4O. The van der Waals surface area contributed by atoms with E-state index in [0.717, 1.165) is 16.8 Å². The van der Waals surface area contributed by atoms with Crippen LogP contribution in [0.25, 0.3) is 0 Å². The second-order valence-corrected chi connectivity index (χ2v) is 5.20. The van der Waals surface area contributed by atoms with Crippen LogP contribution in [0, 0.1) is 20.8 Å². The Labute approximate surface area is 130 Å². The Morgan fingerprint density at radius 2 is 1.86 bits per heavy atom. The third-order valence-electron chi connectivity index (χ3n) is 3.23. The molecular weight excluding hydrogens is 276 g/mol. The summed E-state index contributed by atoms with van der Waals surface area (Å²) in [5, 5.41) is 13.9. The van der Waals surface area contributed by atoms with Crippen LogP contribution >= 0.6 is 0 Å². The van der Waals surface area contributed by atoms with Crippen molar-refractivity contribution >= 4 is 17.4 Å². The van der Waals surface area contributed by atoms with Crippen LogP contribution in [-0.2, 0) is 0 Å². The first-order valence-corrected chi connectivity index (χ1v) is 7.09. The molecule has 1 aromatic carbocycles. The van der Waals surface area contributed by atoms with E-state index in [9.17, 15) is 4.79 Å². The number of nitrogens with zero attached hydrogens (tertiary/aromatic N) is 2. The molecule has 114 valence electrons. The Balaban J connectivity index is 2.15. The van der Waals surface area contributed by atoms with Crippen molar-refractivity contribution in [3.8, 4) is 0 Å². The Morgan fingerprint density at radius 3 is 2.41 bits per heavy atom. The maximum absolute atomic E-state index is 11.7. The van der Waals surface area contributed by atoms with Crippen LogP contribution in [0.5, 0.6) is 0 Å². The molecule has 0 aliphatic heterocycles. The third kappa shape index (κ3) is 3.69. The molecule has 0 aliphatic rings. The fourth-order valence-corrected chi connectivity index (χ4v) is 2.28. The van der Waals surface area contributed by atoms with Crippen LogP contribution in [0.15, 0.2) is 36.9 Å². The average Bonchev–Trinajstić information content (AvgIpc) is 2.49. The number of anilines is 2. The van der Waals surface area contributed by atoms with Crippen LogP contribution < -0.4 is 10.6 Å². The van der Waals surface area contributed by atoms with Gasteiger partial charge >= 0.3 is 0 Å². The van der Waals surface area contributed by atoms with E-state index in [2.05, 4.69) is 46.5 Å². The zero-order chi connectivity index (χ0) is 16.1. The Hall–Kier alpha value is -2.69. The standard InChI is InChI=1S/C17H20N4O/c1-5-8-18-17(22)14-6-7-15(21-20-14)19-16-12(3)9-11(2)10-13(16)4/h5-7,9-10H,1,8H2,2-4H3,(H,18,22)(H,19,21). The predicted octanol–water partition coefficient (Wildman–Crippen LogP) is 3.06. The summed E-state index contributed by atoms with van der Waals surface area (Å²) in [6.45, 7) is 10.1. The van der Waals surface area contributed by atoms with E-state index < -0.39 is 0 Å². The van der Waals surface area contributed by atoms with Gasteiger partial charge in [0.15, 0.2) is 11.5 Å². The van der Waals surface area contributed by atoms with Gasteiger partial charge in [0.2, 0.25) is 0 Å². The van der Waals surface area contributed by atoms with E-state index in [-0.39, 0.29) is 11.6 Å². The Bertz CT molecular complexity index is 669. The normalized spacial score (nSPS) is 10.1. The van der Waals surface area contributed by atoms with Gasteiger partial charge in [-0.1, -0.05) is 23.8 Å². The molecule has 2 aromatic rings. The molecule has 0 atom stereocenters. The van der Waals surface area contributed by atoms with Crippen molar-refractivity contribution < 1.29 is 4.79 Å². The van der Waals surface area contributed by atoms with E-state index in [1.54, 1.807) is 18.2 Å². The second-order valence-electron chi connectivity index (χ2n) is 5.20. The highest BCUT2D eigenvalue weighted by Gasteiger charge is 2.09. The molecule has 0 saturated carbocycles. The topological polar surface area (TPSA) is 66.9 Å². The SMILES string of the molecule is C=CCNC(=O)c1ccc(Nc2c(C)cc(C)cc2C)nn1. The Morgan fingerprint density at radius 1 is 1.18 bits per heavy atom. The minimum atomic E-state index is -0.262. The lowest BCUT2D eigenvalue weighted by Gasteiger charge is -2.13. The highest BCUT2D eigenvalue weighted by atomic mass is 16.1. The van der Waals surface area contributed by atoms with Gasteiger partial charge in [-0.05, 0) is 44.0 Å². The number of carbonyl (C=O) groups is 1. The third-order valence-corrected chi connectivity index (χ3v) is 3.23. The highest BCUT2D eigenvalue weighted by Crippen LogP contribution is 2.24. The van der Waals surface area contributed by atoms with Crippen molar-refractivity contribution in [3.05, 3.63) is 59.3 Å². The summed E-state index contributed by atoms with van der Waals surface area (Å²) in [5.74, 6) is 0.344. The largest absolute Gasteiger partial charge is 0.347 e. The van der Waals surface area contributed by atoms with E-state index in [4.69, 9.17) is 0 Å². The molecule has 1 aromatic heterocycles. The van der Waals surface area contributed by atoms with Crippen molar-refractivity contribution in [1.29, 1.82) is 0 Å². The molecule has 0 unspecified atom stereocenters. The van der Waals surface area contributed by atoms with Gasteiger partial charge in [-0.25, -0.2) is 0 Å². The summed E-state index contributed by atoms with van der Waals surface area (Å²) in [7, 11) is 0. The van der Waals surface area contributed by atoms with E-state index in [0.29, 0.717) is 12.4 Å². The predicted molar refractivity (Wildman–Crippen MR) is 88.5 cm³/mol. The summed E-state index contributed by atoms with van der Waals surface area (Å²) in [5.41, 5.74) is 4.81. The molecule has 0 saturated heterocycles. The molecule has 0 fully saturated rings. The summed E-state index contributed by atoms with van der Waals surface area (Å²) in [4.78, 5) is 11.7. The Kier molecular flexibility index (Phi) is 4.88. The lowest BCUT2D eigenvalue weighted by molar-refractivity contribution is 0.0952. The zero-order valence-electron chi connectivity index (χ0n) is 13.1. The molecule has 5 heteroatoms. The monoisotopic (exact) mass is 296 g/mol. The quantitative estimate of drug-likeness (QED) is 0.832. The van der Waals surface area contributed by atoms with Gasteiger partial charge in [0.25, 0.3) is 5.91 Å². The van der Waals surface area contributed by atoms with Gasteiger partial charge in [0, 0.05) is 12.2 Å². The van der Waals surface area contributed by atoms with Gasteiger partial charge in [-0.3, -0.25) is 4.79 Å². The van der Waals surface area contributed by atoms with Crippen LogP contribution in [0.3, 0.4) is 0 Å². The molecule has 2 N–H and O–H groups in total. The van der Waals surface area contributed by atoms with Crippen LogP contribution in [0.1, 0.15) is 27.2 Å². The van der Waals surface area contributed by atoms with Gasteiger partial charge in [0.1, 0.15) is 0 Å². The number of carbonyl (C=O) groups excluding carboxylic acids is 1. The van der Waals surface area contributed by atoms with E-state index in [1.165, 1.54) is 5.56 Å². The lowest BCUT2D eigenvalue weighted by atomic mass is 10.1. The first kappa shape index (κ1) is 15.7. The van der Waals surface area contributed by atoms with E-state index in [1.807, 2.05) is 13.8 Å². The molecule has 0 spiro atoms. The number of benzene rings is 1. The summed E-state index contributed by atoms with van der Waals surface area (Å²) >= 11 is 0. The first-order valence-electron chi connectivity index (χ1n) is 7.09. The molecule has 0 radical (unpaired) electrons. The number of rotatable bonds is 5. The maximum Gasteiger partial charge on any atom is 0.272 e. The summed E-state index contributed by atoms with van der Waals surface area (Å²) < 4.78 is 0. The number of nitrogens with one attached hydrogen (secondary N) is 2. The average molecular weight is 296 g/mol. The first-order chi connectivity index (χ1) is 10.5. The molecule has 5 nitrogen and oxygen atoms in total.